The van der Waals surface area contributed by atoms with Crippen LogP contribution >= 0.6 is 0 Å². The average Bonchev–Trinajstić information content (AvgIpc) is 2.45. The second-order valence-corrected chi connectivity index (χ2v) is 4.85. The fraction of sp³-hybridized carbons (Fsp3) is 0.438. The van der Waals surface area contributed by atoms with Crippen LogP contribution in [0.3, 0.4) is 0 Å². The van der Waals surface area contributed by atoms with Crippen molar-refractivity contribution in [3.8, 4) is 5.75 Å². The molecular formula is C16H23NO3. The molecule has 1 aromatic carbocycles. The number of carbonyl (C=O) groups is 1. The molecule has 0 saturated carbocycles. The smallest absolute Gasteiger partial charge is 0.330 e. The number of hydrogen-bond acceptors (Lipinski definition) is 4. The van der Waals surface area contributed by atoms with E-state index in [-0.39, 0.29) is 5.97 Å². The summed E-state index contributed by atoms with van der Waals surface area (Å²) >= 11 is 0. The van der Waals surface area contributed by atoms with Gasteiger partial charge in [-0.25, -0.2) is 4.79 Å². The molecule has 0 heterocycles. The molecule has 0 aliphatic heterocycles. The van der Waals surface area contributed by atoms with Gasteiger partial charge in [0.05, 0.1) is 7.11 Å². The fourth-order valence-electron chi connectivity index (χ4n) is 1.48. The average molecular weight is 277 g/mol. The summed E-state index contributed by atoms with van der Waals surface area (Å²) < 4.78 is 10.2. The number of esters is 1. The van der Waals surface area contributed by atoms with Crippen LogP contribution in [0.15, 0.2) is 30.3 Å². The Morgan fingerprint density at radius 2 is 1.95 bits per heavy atom. The van der Waals surface area contributed by atoms with Gasteiger partial charge in [-0.15, -0.1) is 0 Å². The van der Waals surface area contributed by atoms with Crippen LogP contribution in [0.25, 0.3) is 6.08 Å². The van der Waals surface area contributed by atoms with Crippen molar-refractivity contribution in [3.63, 3.8) is 0 Å². The van der Waals surface area contributed by atoms with Crippen molar-refractivity contribution in [1.82, 2.24) is 4.90 Å². The molecule has 0 spiro atoms. The van der Waals surface area contributed by atoms with Crippen LogP contribution in [0.2, 0.25) is 0 Å². The van der Waals surface area contributed by atoms with Crippen LogP contribution in [0.1, 0.15) is 19.4 Å². The van der Waals surface area contributed by atoms with Gasteiger partial charge >= 0.3 is 5.97 Å². The van der Waals surface area contributed by atoms with Gasteiger partial charge in [-0.3, -0.25) is 0 Å². The minimum Gasteiger partial charge on any atom is -0.497 e. The number of ether oxygens (including phenoxy) is 2. The Morgan fingerprint density at radius 3 is 2.50 bits per heavy atom. The van der Waals surface area contributed by atoms with Crippen LogP contribution in [0, 0.1) is 0 Å². The third-order valence-electron chi connectivity index (χ3n) is 3.10. The third kappa shape index (κ3) is 5.89. The second kappa shape index (κ2) is 8.38. The highest BCUT2D eigenvalue weighted by molar-refractivity contribution is 5.87. The molecule has 0 aromatic heterocycles. The highest BCUT2D eigenvalue weighted by Gasteiger charge is 2.04. The summed E-state index contributed by atoms with van der Waals surface area (Å²) in [6.45, 7) is 5.34. The van der Waals surface area contributed by atoms with Crippen molar-refractivity contribution < 1.29 is 14.3 Å². The number of likely N-dealkylation sites (N-methyl/N-ethyl adjacent to an activating group) is 1. The fourth-order valence-corrected chi connectivity index (χ4v) is 1.48. The van der Waals surface area contributed by atoms with Crippen LogP contribution < -0.4 is 4.74 Å². The minimum atomic E-state index is -0.321. The summed E-state index contributed by atoms with van der Waals surface area (Å²) in [5.74, 6) is 0.472. The minimum absolute atomic E-state index is 0.321. The predicted octanol–water partition coefficient (Wildman–Crippen LogP) is 2.59. The molecule has 0 amide bonds. The molecule has 0 radical (unpaired) electrons. The first-order valence-corrected chi connectivity index (χ1v) is 6.72. The summed E-state index contributed by atoms with van der Waals surface area (Å²) in [7, 11) is 3.63. The van der Waals surface area contributed by atoms with Gasteiger partial charge in [0.25, 0.3) is 0 Å². The molecule has 0 fully saturated rings. The standard InChI is InChI=1S/C16H23NO3/c1-13(2)17(3)11-12-20-16(18)10-7-14-5-8-15(19-4)9-6-14/h5-10,13H,11-12H2,1-4H3/b10-7+. The first-order chi connectivity index (χ1) is 9.52. The van der Waals surface area contributed by atoms with E-state index in [2.05, 4.69) is 18.7 Å². The molecule has 0 atom stereocenters. The Morgan fingerprint density at radius 1 is 1.30 bits per heavy atom. The van der Waals surface area contributed by atoms with Gasteiger partial charge in [0.1, 0.15) is 12.4 Å². The Hall–Kier alpha value is -1.81. The van der Waals surface area contributed by atoms with E-state index in [1.807, 2.05) is 31.3 Å². The van der Waals surface area contributed by atoms with Crippen molar-refractivity contribution in [2.45, 2.75) is 19.9 Å². The van der Waals surface area contributed by atoms with Gasteiger partial charge in [0, 0.05) is 18.7 Å². The Bertz CT molecular complexity index is 438. The van der Waals surface area contributed by atoms with Crippen molar-refractivity contribution in [3.05, 3.63) is 35.9 Å². The van der Waals surface area contributed by atoms with Crippen molar-refractivity contribution in [1.29, 1.82) is 0 Å². The van der Waals surface area contributed by atoms with Gasteiger partial charge in [0.15, 0.2) is 0 Å². The maximum Gasteiger partial charge on any atom is 0.330 e. The van der Waals surface area contributed by atoms with Crippen LogP contribution in [-0.4, -0.2) is 44.2 Å². The molecule has 4 heteroatoms. The molecule has 4 nitrogen and oxygen atoms in total. The van der Waals surface area contributed by atoms with Gasteiger partial charge < -0.3 is 14.4 Å². The highest BCUT2D eigenvalue weighted by Crippen LogP contribution is 2.12. The molecule has 0 saturated heterocycles. The van der Waals surface area contributed by atoms with Gasteiger partial charge in [-0.1, -0.05) is 12.1 Å². The van der Waals surface area contributed by atoms with Crippen molar-refractivity contribution >= 4 is 12.0 Å². The monoisotopic (exact) mass is 277 g/mol. The predicted molar refractivity (Wildman–Crippen MR) is 80.8 cm³/mol. The van der Waals surface area contributed by atoms with Gasteiger partial charge in [-0.05, 0) is 44.7 Å². The summed E-state index contributed by atoms with van der Waals surface area (Å²) in [5, 5.41) is 0. The Balaban J connectivity index is 2.35. The lowest BCUT2D eigenvalue weighted by Crippen LogP contribution is -2.30. The van der Waals surface area contributed by atoms with E-state index in [1.54, 1.807) is 13.2 Å². The molecular weight excluding hydrogens is 254 g/mol. The Kier molecular flexibility index (Phi) is 6.81. The lowest BCUT2D eigenvalue weighted by atomic mass is 10.2. The molecule has 0 aliphatic carbocycles. The van der Waals surface area contributed by atoms with Gasteiger partial charge in [-0.2, -0.15) is 0 Å². The number of methoxy groups -OCH3 is 1. The number of rotatable bonds is 7. The maximum absolute atomic E-state index is 11.5. The van der Waals surface area contributed by atoms with Crippen molar-refractivity contribution in [2.75, 3.05) is 27.3 Å². The first kappa shape index (κ1) is 16.2. The quantitative estimate of drug-likeness (QED) is 0.567. The lowest BCUT2D eigenvalue weighted by Gasteiger charge is -2.20. The molecule has 0 unspecified atom stereocenters. The zero-order valence-corrected chi connectivity index (χ0v) is 12.6. The van der Waals surface area contributed by atoms with E-state index in [0.29, 0.717) is 12.6 Å². The van der Waals surface area contributed by atoms with E-state index < -0.39 is 0 Å². The molecule has 0 N–H and O–H groups in total. The zero-order valence-electron chi connectivity index (χ0n) is 12.6. The van der Waals surface area contributed by atoms with Crippen molar-refractivity contribution in [2.24, 2.45) is 0 Å². The summed E-state index contributed by atoms with van der Waals surface area (Å²) in [6.07, 6.45) is 3.17. The van der Waals surface area contributed by atoms with E-state index in [0.717, 1.165) is 17.9 Å². The summed E-state index contributed by atoms with van der Waals surface area (Å²) in [6, 6.07) is 7.92. The first-order valence-electron chi connectivity index (χ1n) is 6.72. The molecule has 1 aromatic rings. The Labute approximate surface area is 121 Å². The van der Waals surface area contributed by atoms with Crippen LogP contribution in [0.4, 0.5) is 0 Å². The second-order valence-electron chi connectivity index (χ2n) is 4.85. The normalized spacial score (nSPS) is 11.3. The maximum atomic E-state index is 11.5. The largest absolute Gasteiger partial charge is 0.497 e. The van der Waals surface area contributed by atoms with Crippen LogP contribution in [-0.2, 0) is 9.53 Å². The summed E-state index contributed by atoms with van der Waals surface area (Å²) in [4.78, 5) is 13.7. The third-order valence-corrected chi connectivity index (χ3v) is 3.10. The van der Waals surface area contributed by atoms with E-state index in [9.17, 15) is 4.79 Å². The van der Waals surface area contributed by atoms with E-state index in [4.69, 9.17) is 9.47 Å². The number of hydrogen-bond donors (Lipinski definition) is 0. The number of carbonyl (C=O) groups excluding carboxylic acids is 1. The molecule has 20 heavy (non-hydrogen) atoms. The molecule has 0 bridgehead atoms. The zero-order chi connectivity index (χ0) is 15.0. The van der Waals surface area contributed by atoms with Gasteiger partial charge in [0.2, 0.25) is 0 Å². The SMILES string of the molecule is COc1ccc(/C=C/C(=O)OCCN(C)C(C)C)cc1. The number of nitrogens with zero attached hydrogens (tertiary/aromatic N) is 1. The van der Waals surface area contributed by atoms with E-state index >= 15 is 0 Å². The summed E-state index contributed by atoms with van der Waals surface area (Å²) in [5.41, 5.74) is 0.932. The molecule has 110 valence electrons. The van der Waals surface area contributed by atoms with E-state index in [1.165, 1.54) is 6.08 Å². The van der Waals surface area contributed by atoms with Crippen LogP contribution in [0.5, 0.6) is 5.75 Å². The molecule has 0 aliphatic rings. The lowest BCUT2D eigenvalue weighted by molar-refractivity contribution is -0.138. The number of benzene rings is 1. The highest BCUT2D eigenvalue weighted by atomic mass is 16.5. The topological polar surface area (TPSA) is 38.8 Å². The molecule has 1 rings (SSSR count).